The summed E-state index contributed by atoms with van der Waals surface area (Å²) in [5, 5.41) is 2.09. The third kappa shape index (κ3) is 4.31. The lowest BCUT2D eigenvalue weighted by molar-refractivity contribution is -0.136. The zero-order chi connectivity index (χ0) is 12.0. The smallest absolute Gasteiger partial charge is 0.298 e. The Bertz CT molecular complexity index is 233. The first-order valence-electron chi connectivity index (χ1n) is 4.61. The summed E-state index contributed by atoms with van der Waals surface area (Å²) >= 11 is 0. The van der Waals surface area contributed by atoms with Gasteiger partial charge in [0.15, 0.2) is 0 Å². The van der Waals surface area contributed by atoms with Crippen molar-refractivity contribution in [3.05, 3.63) is 0 Å². The van der Waals surface area contributed by atoms with Gasteiger partial charge in [-0.25, -0.2) is 8.78 Å². The second-order valence-corrected chi connectivity index (χ2v) is 3.23. The molecule has 2 atom stereocenters. The Morgan fingerprint density at radius 2 is 1.87 bits per heavy atom. The maximum absolute atomic E-state index is 12.3. The number of amides is 1. The van der Waals surface area contributed by atoms with Crippen molar-refractivity contribution in [3.63, 3.8) is 0 Å². The Kier molecular flexibility index (Phi) is 5.96. The van der Waals surface area contributed by atoms with Crippen molar-refractivity contribution in [2.75, 3.05) is 6.67 Å². The fourth-order valence-corrected chi connectivity index (χ4v) is 0.994. The van der Waals surface area contributed by atoms with E-state index >= 15 is 0 Å². The Labute approximate surface area is 86.0 Å². The highest BCUT2D eigenvalue weighted by atomic mass is 19.3. The molecule has 0 aliphatic carbocycles. The van der Waals surface area contributed by atoms with Crippen molar-refractivity contribution in [1.29, 1.82) is 0 Å². The molecular formula is C9H14F3NO2. The molecule has 0 saturated carbocycles. The highest BCUT2D eigenvalue weighted by molar-refractivity contribution is 5.91. The van der Waals surface area contributed by atoms with Crippen molar-refractivity contribution in [1.82, 2.24) is 5.32 Å². The molecule has 0 bridgehead atoms. The maximum Gasteiger partial charge on any atom is 0.298 e. The summed E-state index contributed by atoms with van der Waals surface area (Å²) in [6.07, 6.45) is -3.13. The molecule has 1 amide bonds. The zero-order valence-electron chi connectivity index (χ0n) is 8.60. The number of nitrogens with one attached hydrogen (secondary N) is 1. The summed E-state index contributed by atoms with van der Waals surface area (Å²) in [6.45, 7) is 1.87. The van der Waals surface area contributed by atoms with Crippen LogP contribution >= 0.6 is 0 Å². The number of carbonyl (C=O) groups is 2. The second kappa shape index (κ2) is 6.42. The van der Waals surface area contributed by atoms with Crippen LogP contribution in [0.1, 0.15) is 20.3 Å². The Morgan fingerprint density at radius 3 is 2.20 bits per heavy atom. The molecule has 1 N–H and O–H groups in total. The number of rotatable bonds is 6. The third-order valence-corrected chi connectivity index (χ3v) is 1.97. The maximum atomic E-state index is 12.3. The first-order valence-corrected chi connectivity index (χ1v) is 4.61. The molecule has 2 unspecified atom stereocenters. The van der Waals surface area contributed by atoms with Crippen LogP contribution in [0, 0.1) is 5.92 Å². The van der Waals surface area contributed by atoms with Gasteiger partial charge in [0, 0.05) is 12.3 Å². The van der Waals surface area contributed by atoms with Gasteiger partial charge in [0.25, 0.3) is 6.43 Å². The van der Waals surface area contributed by atoms with Crippen LogP contribution in [0.25, 0.3) is 0 Å². The van der Waals surface area contributed by atoms with E-state index in [0.29, 0.717) is 0 Å². The van der Waals surface area contributed by atoms with Crippen molar-refractivity contribution in [2.24, 2.45) is 5.92 Å². The van der Waals surface area contributed by atoms with Gasteiger partial charge in [-0.1, -0.05) is 13.8 Å². The summed E-state index contributed by atoms with van der Waals surface area (Å²) in [6, 6.07) is -1.44. The number of carbonyl (C=O) groups excluding carboxylic acids is 2. The minimum Gasteiger partial charge on any atom is -0.346 e. The van der Waals surface area contributed by atoms with Crippen LogP contribution in [0.2, 0.25) is 0 Å². The number of halogens is 3. The molecule has 0 aromatic rings. The number of alkyl halides is 3. The molecule has 0 aliphatic rings. The molecule has 6 heteroatoms. The topological polar surface area (TPSA) is 46.2 Å². The minimum atomic E-state index is -3.19. The fraction of sp³-hybridized carbons (Fsp3) is 0.778. The van der Waals surface area contributed by atoms with E-state index in [2.05, 4.69) is 5.32 Å². The van der Waals surface area contributed by atoms with E-state index in [9.17, 15) is 22.8 Å². The van der Waals surface area contributed by atoms with Gasteiger partial charge in [-0.3, -0.25) is 14.0 Å². The van der Waals surface area contributed by atoms with Gasteiger partial charge in [-0.2, -0.15) is 0 Å². The molecule has 15 heavy (non-hydrogen) atoms. The van der Waals surface area contributed by atoms with E-state index in [0.717, 1.165) is 0 Å². The normalized spacial score (nSPS) is 14.8. The standard InChI is InChI=1S/C9H14F3NO2/c1-3-6(14)13-7(5(2)4-10)8(15)9(11)12/h5,7,9H,3-4H2,1-2H3,(H,13,14). The Morgan fingerprint density at radius 1 is 1.33 bits per heavy atom. The zero-order valence-corrected chi connectivity index (χ0v) is 8.60. The molecule has 3 nitrogen and oxygen atoms in total. The second-order valence-electron chi connectivity index (χ2n) is 3.23. The minimum absolute atomic E-state index is 0.0615. The predicted octanol–water partition coefficient (Wildman–Crippen LogP) is 1.32. The van der Waals surface area contributed by atoms with Crippen LogP contribution in [0.5, 0.6) is 0 Å². The molecule has 0 radical (unpaired) electrons. The van der Waals surface area contributed by atoms with Gasteiger partial charge in [0.1, 0.15) is 0 Å². The number of hydrogen-bond acceptors (Lipinski definition) is 2. The first kappa shape index (κ1) is 13.9. The van der Waals surface area contributed by atoms with Gasteiger partial charge in [-0.15, -0.1) is 0 Å². The van der Waals surface area contributed by atoms with E-state index in [1.807, 2.05) is 0 Å². The number of hydrogen-bond donors (Lipinski definition) is 1. The monoisotopic (exact) mass is 225 g/mol. The number of Topliss-reactive ketones (excluding diaryl/α,β-unsaturated/α-hetero) is 1. The van der Waals surface area contributed by atoms with E-state index in [4.69, 9.17) is 0 Å². The molecule has 0 aliphatic heterocycles. The molecule has 0 heterocycles. The average Bonchev–Trinajstić information content (AvgIpc) is 2.23. The van der Waals surface area contributed by atoms with E-state index in [1.165, 1.54) is 13.8 Å². The van der Waals surface area contributed by atoms with Crippen LogP contribution < -0.4 is 5.32 Å². The van der Waals surface area contributed by atoms with Crippen molar-refractivity contribution >= 4 is 11.7 Å². The van der Waals surface area contributed by atoms with E-state index in [-0.39, 0.29) is 6.42 Å². The molecule has 0 aromatic carbocycles. The van der Waals surface area contributed by atoms with Crippen LogP contribution in [-0.2, 0) is 9.59 Å². The van der Waals surface area contributed by atoms with Crippen LogP contribution in [0.3, 0.4) is 0 Å². The Balaban J connectivity index is 4.58. The molecule has 0 fully saturated rings. The van der Waals surface area contributed by atoms with Crippen molar-refractivity contribution in [3.8, 4) is 0 Å². The van der Waals surface area contributed by atoms with Crippen molar-refractivity contribution < 1.29 is 22.8 Å². The van der Waals surface area contributed by atoms with Crippen LogP contribution in [0.15, 0.2) is 0 Å². The molecule has 0 aromatic heterocycles. The molecular weight excluding hydrogens is 211 g/mol. The van der Waals surface area contributed by atoms with Gasteiger partial charge in [0.05, 0.1) is 12.7 Å². The Hall–Kier alpha value is -1.07. The largest absolute Gasteiger partial charge is 0.346 e. The lowest BCUT2D eigenvalue weighted by Gasteiger charge is -2.21. The van der Waals surface area contributed by atoms with E-state index < -0.39 is 36.8 Å². The van der Waals surface area contributed by atoms with Crippen LogP contribution in [0.4, 0.5) is 13.2 Å². The highest BCUT2D eigenvalue weighted by Gasteiger charge is 2.32. The van der Waals surface area contributed by atoms with Crippen LogP contribution in [-0.4, -0.2) is 30.8 Å². The van der Waals surface area contributed by atoms with Crippen molar-refractivity contribution in [2.45, 2.75) is 32.7 Å². The van der Waals surface area contributed by atoms with Gasteiger partial charge in [0.2, 0.25) is 11.7 Å². The third-order valence-electron chi connectivity index (χ3n) is 1.97. The van der Waals surface area contributed by atoms with E-state index in [1.54, 1.807) is 0 Å². The van der Waals surface area contributed by atoms with Gasteiger partial charge >= 0.3 is 0 Å². The summed E-state index contributed by atoms with van der Waals surface area (Å²) in [5.41, 5.74) is 0. The van der Waals surface area contributed by atoms with Gasteiger partial charge < -0.3 is 5.32 Å². The lowest BCUT2D eigenvalue weighted by Crippen LogP contribution is -2.48. The lowest BCUT2D eigenvalue weighted by atomic mass is 9.99. The number of ketones is 1. The summed E-state index contributed by atoms with van der Waals surface area (Å²) in [5.74, 6) is -2.93. The predicted molar refractivity (Wildman–Crippen MR) is 48.4 cm³/mol. The molecule has 88 valence electrons. The molecule has 0 spiro atoms. The molecule has 0 rings (SSSR count). The fourth-order valence-electron chi connectivity index (χ4n) is 0.994. The average molecular weight is 225 g/mol. The first-order chi connectivity index (χ1) is 6.93. The summed E-state index contributed by atoms with van der Waals surface area (Å²) in [7, 11) is 0. The summed E-state index contributed by atoms with van der Waals surface area (Å²) in [4.78, 5) is 21.9. The molecule has 0 saturated heterocycles. The van der Waals surface area contributed by atoms with Gasteiger partial charge in [-0.05, 0) is 0 Å². The quantitative estimate of drug-likeness (QED) is 0.741. The SMILES string of the molecule is CCC(=O)NC(C(=O)C(F)F)C(C)CF. The highest BCUT2D eigenvalue weighted by Crippen LogP contribution is 2.10. The summed E-state index contributed by atoms with van der Waals surface area (Å²) < 4.78 is 36.5.